The molecule has 1 fully saturated rings. The lowest BCUT2D eigenvalue weighted by molar-refractivity contribution is 0.550. The fraction of sp³-hybridized carbons (Fsp3) is 0.500. The lowest BCUT2D eigenvalue weighted by Crippen LogP contribution is -2.28. The largest absolute Gasteiger partial charge is 0.346 e. The molecule has 1 heterocycles. The SMILES string of the molecule is C=CC(=NCCCCC)c1cccc(N(CC)C(=C)C2CCS(=C)CC2)c1. The molecule has 1 aromatic rings. The van der Waals surface area contributed by atoms with Crippen molar-refractivity contribution in [3.05, 3.63) is 54.8 Å². The number of nitrogens with zero attached hydrogens (tertiary/aromatic N) is 2. The van der Waals surface area contributed by atoms with Gasteiger partial charge in [0.05, 0.1) is 5.71 Å². The third-order valence-corrected chi connectivity index (χ3v) is 6.96. The summed E-state index contributed by atoms with van der Waals surface area (Å²) in [6.07, 6.45) is 7.91. The normalized spacial score (nSPS) is 20.3. The van der Waals surface area contributed by atoms with Crippen molar-refractivity contribution in [3.8, 4) is 0 Å². The Hall–Kier alpha value is -1.61. The summed E-state index contributed by atoms with van der Waals surface area (Å²) in [5, 5.41) is 0. The molecule has 0 bridgehead atoms. The van der Waals surface area contributed by atoms with Gasteiger partial charge in [-0.1, -0.05) is 50.9 Å². The minimum atomic E-state index is 0.360. The van der Waals surface area contributed by atoms with Gasteiger partial charge in [0, 0.05) is 36.0 Å². The average molecular weight is 385 g/mol. The van der Waals surface area contributed by atoms with E-state index in [1.54, 1.807) is 0 Å². The Balaban J connectivity index is 2.16. The number of rotatable bonds is 10. The Bertz CT molecular complexity index is 679. The van der Waals surface area contributed by atoms with E-state index in [1.165, 1.54) is 48.6 Å². The van der Waals surface area contributed by atoms with Crippen LogP contribution in [0.25, 0.3) is 0 Å². The van der Waals surface area contributed by atoms with Crippen LogP contribution in [-0.2, 0) is 0 Å². The molecular formula is C24H36N2S. The first-order chi connectivity index (χ1) is 13.1. The zero-order chi connectivity index (χ0) is 19.6. The Morgan fingerprint density at radius 3 is 2.63 bits per heavy atom. The van der Waals surface area contributed by atoms with Gasteiger partial charge in [0.1, 0.15) is 0 Å². The Labute approximate surface area is 169 Å². The van der Waals surface area contributed by atoms with Gasteiger partial charge in [0.2, 0.25) is 0 Å². The van der Waals surface area contributed by atoms with Crippen LogP contribution < -0.4 is 4.90 Å². The van der Waals surface area contributed by atoms with Crippen molar-refractivity contribution in [3.63, 3.8) is 0 Å². The number of unbranched alkanes of at least 4 members (excludes halogenated alkanes) is 2. The molecule has 3 heteroatoms. The molecule has 0 atom stereocenters. The number of anilines is 1. The second kappa shape index (κ2) is 11.3. The number of hydrogen-bond acceptors (Lipinski definition) is 2. The van der Waals surface area contributed by atoms with E-state index in [2.05, 4.69) is 62.0 Å². The molecule has 27 heavy (non-hydrogen) atoms. The summed E-state index contributed by atoms with van der Waals surface area (Å²) in [7, 11) is 0.360. The molecule has 0 aliphatic carbocycles. The second-order valence-corrected chi connectivity index (χ2v) is 9.30. The number of aliphatic imine (C=N–C) groups is 1. The molecule has 1 aliphatic heterocycles. The number of allylic oxidation sites excluding steroid dienone is 2. The zero-order valence-electron chi connectivity index (χ0n) is 17.3. The monoisotopic (exact) mass is 384 g/mol. The highest BCUT2D eigenvalue weighted by molar-refractivity contribution is 8.14. The maximum atomic E-state index is 4.77. The van der Waals surface area contributed by atoms with E-state index in [9.17, 15) is 0 Å². The van der Waals surface area contributed by atoms with Gasteiger partial charge < -0.3 is 4.90 Å². The van der Waals surface area contributed by atoms with E-state index in [0.717, 1.165) is 30.8 Å². The van der Waals surface area contributed by atoms with E-state index in [-0.39, 0.29) is 0 Å². The minimum absolute atomic E-state index is 0.360. The van der Waals surface area contributed by atoms with Gasteiger partial charge in [-0.05, 0) is 55.9 Å². The standard InChI is InChI=1S/C24H36N2S/c1-6-9-10-16-25-24(7-2)22-12-11-13-23(19-22)26(8-3)20(4)21-14-17-27(5)18-15-21/h7,11-13,19,21H,2,4-6,8-10,14-18H2,1,3H3. The predicted octanol–water partition coefficient (Wildman–Crippen LogP) is 6.30. The number of hydrogen-bond donors (Lipinski definition) is 0. The zero-order valence-corrected chi connectivity index (χ0v) is 18.1. The highest BCUT2D eigenvalue weighted by atomic mass is 32.2. The first-order valence-corrected chi connectivity index (χ1v) is 12.0. The van der Waals surface area contributed by atoms with Crippen molar-refractivity contribution in [2.75, 3.05) is 29.5 Å². The molecular weight excluding hydrogens is 348 g/mol. The van der Waals surface area contributed by atoms with E-state index < -0.39 is 0 Å². The van der Waals surface area contributed by atoms with Gasteiger partial charge in [-0.3, -0.25) is 4.99 Å². The first-order valence-electron chi connectivity index (χ1n) is 10.3. The minimum Gasteiger partial charge on any atom is -0.346 e. The van der Waals surface area contributed by atoms with Crippen molar-refractivity contribution in [2.24, 2.45) is 10.9 Å². The van der Waals surface area contributed by atoms with Crippen molar-refractivity contribution in [1.29, 1.82) is 0 Å². The summed E-state index contributed by atoms with van der Waals surface area (Å²) in [5.74, 6) is 7.32. The van der Waals surface area contributed by atoms with E-state index in [4.69, 9.17) is 4.99 Å². The van der Waals surface area contributed by atoms with Gasteiger partial charge in [-0.15, -0.1) is 0 Å². The highest BCUT2D eigenvalue weighted by Crippen LogP contribution is 2.34. The van der Waals surface area contributed by atoms with Crippen molar-refractivity contribution < 1.29 is 0 Å². The molecule has 0 amide bonds. The van der Waals surface area contributed by atoms with E-state index >= 15 is 0 Å². The maximum Gasteiger partial charge on any atom is 0.0641 e. The topological polar surface area (TPSA) is 15.6 Å². The van der Waals surface area contributed by atoms with Crippen molar-refractivity contribution in [2.45, 2.75) is 46.0 Å². The quantitative estimate of drug-likeness (QED) is 0.262. The fourth-order valence-corrected chi connectivity index (χ4v) is 5.08. The fourth-order valence-electron chi connectivity index (χ4n) is 3.64. The van der Waals surface area contributed by atoms with Crippen LogP contribution >= 0.6 is 10.5 Å². The summed E-state index contributed by atoms with van der Waals surface area (Å²) in [5.41, 5.74) is 4.61. The van der Waals surface area contributed by atoms with Crippen LogP contribution in [0.4, 0.5) is 5.69 Å². The van der Waals surface area contributed by atoms with Crippen LogP contribution in [0.3, 0.4) is 0 Å². The maximum absolute atomic E-state index is 4.77. The lowest BCUT2D eigenvalue weighted by Gasteiger charge is -2.34. The summed E-state index contributed by atoms with van der Waals surface area (Å²) >= 11 is 0. The molecule has 2 nitrogen and oxygen atoms in total. The second-order valence-electron chi connectivity index (χ2n) is 7.26. The van der Waals surface area contributed by atoms with Crippen LogP contribution in [-0.4, -0.2) is 36.2 Å². The van der Waals surface area contributed by atoms with Crippen LogP contribution in [0.2, 0.25) is 0 Å². The molecule has 0 N–H and O–H groups in total. The molecule has 1 aromatic carbocycles. The van der Waals surface area contributed by atoms with E-state index in [0.29, 0.717) is 16.4 Å². The van der Waals surface area contributed by atoms with Gasteiger partial charge in [-0.2, -0.15) is 10.5 Å². The van der Waals surface area contributed by atoms with E-state index in [1.807, 2.05) is 6.08 Å². The Morgan fingerprint density at radius 1 is 1.26 bits per heavy atom. The summed E-state index contributed by atoms with van der Waals surface area (Å²) in [6.45, 7) is 14.7. The molecule has 2 rings (SSSR count). The summed E-state index contributed by atoms with van der Waals surface area (Å²) in [6, 6.07) is 8.68. The molecule has 0 spiro atoms. The smallest absolute Gasteiger partial charge is 0.0641 e. The van der Waals surface area contributed by atoms with Crippen LogP contribution in [0.1, 0.15) is 51.5 Å². The molecule has 1 saturated heterocycles. The highest BCUT2D eigenvalue weighted by Gasteiger charge is 2.22. The molecule has 0 radical (unpaired) electrons. The Morgan fingerprint density at radius 2 is 2.00 bits per heavy atom. The van der Waals surface area contributed by atoms with Crippen LogP contribution in [0.5, 0.6) is 0 Å². The van der Waals surface area contributed by atoms with Crippen molar-refractivity contribution >= 4 is 27.8 Å². The molecule has 0 unspecified atom stereocenters. The van der Waals surface area contributed by atoms with Gasteiger partial charge in [0.15, 0.2) is 0 Å². The molecule has 0 aromatic heterocycles. The van der Waals surface area contributed by atoms with Gasteiger partial charge >= 0.3 is 0 Å². The third-order valence-electron chi connectivity index (χ3n) is 5.33. The Kier molecular flexibility index (Phi) is 9.06. The van der Waals surface area contributed by atoms with Crippen LogP contribution in [0, 0.1) is 5.92 Å². The molecule has 148 valence electrons. The summed E-state index contributed by atoms with van der Waals surface area (Å²) in [4.78, 5) is 7.14. The average Bonchev–Trinajstić information content (AvgIpc) is 2.69. The number of benzene rings is 1. The van der Waals surface area contributed by atoms with Gasteiger partial charge in [-0.25, -0.2) is 0 Å². The summed E-state index contributed by atoms with van der Waals surface area (Å²) < 4.78 is 0. The molecule has 1 aliphatic rings. The third kappa shape index (κ3) is 6.21. The lowest BCUT2D eigenvalue weighted by atomic mass is 9.97. The first kappa shape index (κ1) is 21.7. The predicted molar refractivity (Wildman–Crippen MR) is 127 cm³/mol. The van der Waals surface area contributed by atoms with Crippen LogP contribution in [0.15, 0.2) is 54.2 Å². The molecule has 0 saturated carbocycles. The van der Waals surface area contributed by atoms with Gasteiger partial charge in [0.25, 0.3) is 0 Å². The van der Waals surface area contributed by atoms with Crippen molar-refractivity contribution in [1.82, 2.24) is 0 Å².